The lowest BCUT2D eigenvalue weighted by Gasteiger charge is -2.16. The van der Waals surface area contributed by atoms with E-state index in [1.807, 2.05) is 0 Å². The highest BCUT2D eigenvalue weighted by molar-refractivity contribution is 4.75. The Morgan fingerprint density at radius 3 is 2.86 bits per heavy atom. The highest BCUT2D eigenvalue weighted by Crippen LogP contribution is 2.09. The van der Waals surface area contributed by atoms with E-state index in [0.717, 1.165) is 6.61 Å². The molecule has 41 valence electrons. The molecule has 0 aromatic carbocycles. The van der Waals surface area contributed by atoms with Crippen molar-refractivity contribution in [3.05, 3.63) is 6.42 Å². The quantitative estimate of drug-likeness (QED) is 0.446. The third-order valence-electron chi connectivity index (χ3n) is 1.23. The molecule has 0 bridgehead atoms. The van der Waals surface area contributed by atoms with Gasteiger partial charge in [-0.3, -0.25) is 0 Å². The second kappa shape index (κ2) is 2.31. The summed E-state index contributed by atoms with van der Waals surface area (Å²) in [6, 6.07) is 0. The third-order valence-corrected chi connectivity index (χ3v) is 1.23. The molecule has 0 aromatic rings. The van der Waals surface area contributed by atoms with E-state index in [-0.39, 0.29) is 0 Å². The second-order valence-corrected chi connectivity index (χ2v) is 1.95. The summed E-state index contributed by atoms with van der Waals surface area (Å²) in [6.07, 6.45) is 5.07. The Balaban J connectivity index is 2.12. The molecule has 1 aliphatic rings. The van der Waals surface area contributed by atoms with Crippen molar-refractivity contribution in [3.63, 3.8) is 0 Å². The van der Waals surface area contributed by atoms with Gasteiger partial charge >= 0.3 is 0 Å². The number of ether oxygens (including phenoxy) is 1. The van der Waals surface area contributed by atoms with E-state index in [0.29, 0.717) is 6.10 Å². The van der Waals surface area contributed by atoms with Gasteiger partial charge in [0, 0.05) is 6.61 Å². The van der Waals surface area contributed by atoms with Gasteiger partial charge in [-0.25, -0.2) is 0 Å². The van der Waals surface area contributed by atoms with Crippen molar-refractivity contribution in [2.45, 2.75) is 25.9 Å². The lowest BCUT2D eigenvalue weighted by Crippen LogP contribution is -2.15. The molecule has 1 aliphatic heterocycles. The monoisotopic (exact) mass is 99.1 g/mol. The third kappa shape index (κ3) is 1.48. The first-order valence-electron chi connectivity index (χ1n) is 2.84. The number of hydrogen-bond acceptors (Lipinski definition) is 1. The fourth-order valence-corrected chi connectivity index (χ4v) is 0.773. The van der Waals surface area contributed by atoms with Gasteiger partial charge in [-0.2, -0.15) is 0 Å². The Morgan fingerprint density at radius 1 is 1.71 bits per heavy atom. The van der Waals surface area contributed by atoms with Gasteiger partial charge in [-0.1, -0.05) is 0 Å². The van der Waals surface area contributed by atoms with Crippen LogP contribution in [0.5, 0.6) is 0 Å². The van der Waals surface area contributed by atoms with Gasteiger partial charge in [0.25, 0.3) is 0 Å². The molecular weight excluding hydrogens is 88.1 g/mol. The van der Waals surface area contributed by atoms with Gasteiger partial charge in [0.05, 0.1) is 6.10 Å². The number of rotatable bonds is 0. The first-order valence-corrected chi connectivity index (χ1v) is 2.84. The molecule has 0 N–H and O–H groups in total. The normalized spacial score (nSPS) is 33.0. The van der Waals surface area contributed by atoms with Crippen LogP contribution in [0.3, 0.4) is 0 Å². The summed E-state index contributed by atoms with van der Waals surface area (Å²) in [5.74, 6) is 0. The van der Waals surface area contributed by atoms with Crippen LogP contribution in [0.1, 0.15) is 19.8 Å². The van der Waals surface area contributed by atoms with Gasteiger partial charge < -0.3 is 4.74 Å². The average Bonchev–Trinajstić information content (AvgIpc) is 1.69. The SMILES string of the molecule is C[C@@H]1[CH]CCCO1. The molecule has 1 heteroatoms. The van der Waals surface area contributed by atoms with Crippen molar-refractivity contribution < 1.29 is 4.74 Å². The van der Waals surface area contributed by atoms with Gasteiger partial charge in [-0.15, -0.1) is 0 Å². The molecule has 1 heterocycles. The molecule has 1 nitrogen and oxygen atoms in total. The zero-order valence-electron chi connectivity index (χ0n) is 4.68. The molecule has 1 fully saturated rings. The van der Waals surface area contributed by atoms with E-state index in [1.54, 1.807) is 0 Å². The van der Waals surface area contributed by atoms with Crippen molar-refractivity contribution in [1.82, 2.24) is 0 Å². The molecule has 0 aromatic heterocycles. The minimum atomic E-state index is 0.411. The summed E-state index contributed by atoms with van der Waals surface area (Å²) in [6.45, 7) is 3.04. The van der Waals surface area contributed by atoms with Crippen molar-refractivity contribution in [2.75, 3.05) is 6.61 Å². The Labute approximate surface area is 44.7 Å². The Hall–Kier alpha value is -0.0400. The van der Waals surface area contributed by atoms with Gasteiger partial charge in [0.15, 0.2) is 0 Å². The predicted octanol–water partition coefficient (Wildman–Crippen LogP) is 1.39. The predicted molar refractivity (Wildman–Crippen MR) is 28.9 cm³/mol. The lowest BCUT2D eigenvalue weighted by atomic mass is 10.1. The zero-order chi connectivity index (χ0) is 5.11. The summed E-state index contributed by atoms with van der Waals surface area (Å²) in [5.41, 5.74) is 0. The summed E-state index contributed by atoms with van der Waals surface area (Å²) in [7, 11) is 0. The highest BCUT2D eigenvalue weighted by Gasteiger charge is 2.06. The minimum Gasteiger partial charge on any atom is -0.378 e. The van der Waals surface area contributed by atoms with Gasteiger partial charge in [0.1, 0.15) is 0 Å². The van der Waals surface area contributed by atoms with E-state index >= 15 is 0 Å². The van der Waals surface area contributed by atoms with Crippen molar-refractivity contribution in [1.29, 1.82) is 0 Å². The van der Waals surface area contributed by atoms with Crippen LogP contribution < -0.4 is 0 Å². The molecule has 1 saturated heterocycles. The van der Waals surface area contributed by atoms with Crippen LogP contribution >= 0.6 is 0 Å². The van der Waals surface area contributed by atoms with Crippen molar-refractivity contribution in [3.8, 4) is 0 Å². The fourth-order valence-electron chi connectivity index (χ4n) is 0.773. The number of hydrogen-bond donors (Lipinski definition) is 0. The molecule has 1 rings (SSSR count). The molecule has 0 aliphatic carbocycles. The molecule has 0 saturated carbocycles. The summed E-state index contributed by atoms with van der Waals surface area (Å²) in [4.78, 5) is 0. The van der Waals surface area contributed by atoms with Crippen LogP contribution in [0.15, 0.2) is 0 Å². The maximum absolute atomic E-state index is 5.22. The molecule has 1 radical (unpaired) electrons. The molecule has 1 atom stereocenters. The molecular formula is C6H11O. The Bertz CT molecular complexity index is 46.1. The Morgan fingerprint density at radius 2 is 2.57 bits per heavy atom. The first kappa shape index (κ1) is 5.10. The minimum absolute atomic E-state index is 0.411. The maximum atomic E-state index is 5.22. The zero-order valence-corrected chi connectivity index (χ0v) is 4.68. The van der Waals surface area contributed by atoms with Crippen molar-refractivity contribution >= 4 is 0 Å². The summed E-state index contributed by atoms with van der Waals surface area (Å²) in [5, 5.41) is 0. The maximum Gasteiger partial charge on any atom is 0.0578 e. The van der Waals surface area contributed by atoms with E-state index in [9.17, 15) is 0 Å². The molecule has 0 spiro atoms. The second-order valence-electron chi connectivity index (χ2n) is 1.95. The van der Waals surface area contributed by atoms with E-state index < -0.39 is 0 Å². The standard InChI is InChI=1S/C6H11O/c1-6-4-2-3-5-7-6/h4,6H,2-3,5H2,1H3/t6-/m1/s1. The van der Waals surface area contributed by atoms with Crippen LogP contribution in [0.25, 0.3) is 0 Å². The first-order chi connectivity index (χ1) is 3.39. The average molecular weight is 99.2 g/mol. The van der Waals surface area contributed by atoms with E-state index in [2.05, 4.69) is 13.3 Å². The summed E-state index contributed by atoms with van der Waals surface area (Å²) >= 11 is 0. The molecule has 0 amide bonds. The molecule has 0 unspecified atom stereocenters. The van der Waals surface area contributed by atoms with Crippen LogP contribution in [-0.4, -0.2) is 12.7 Å². The fraction of sp³-hybridized carbons (Fsp3) is 0.833. The van der Waals surface area contributed by atoms with Crippen LogP contribution in [-0.2, 0) is 4.74 Å². The lowest BCUT2D eigenvalue weighted by molar-refractivity contribution is 0.0614. The molecule has 7 heavy (non-hydrogen) atoms. The Kier molecular flexibility index (Phi) is 1.69. The smallest absolute Gasteiger partial charge is 0.0578 e. The topological polar surface area (TPSA) is 9.23 Å². The van der Waals surface area contributed by atoms with Crippen LogP contribution in [0.2, 0.25) is 0 Å². The van der Waals surface area contributed by atoms with Crippen molar-refractivity contribution in [2.24, 2.45) is 0 Å². The summed E-state index contributed by atoms with van der Waals surface area (Å²) < 4.78 is 5.22. The highest BCUT2D eigenvalue weighted by atomic mass is 16.5. The van der Waals surface area contributed by atoms with Crippen LogP contribution in [0.4, 0.5) is 0 Å². The van der Waals surface area contributed by atoms with Gasteiger partial charge in [0.2, 0.25) is 0 Å². The van der Waals surface area contributed by atoms with Gasteiger partial charge in [-0.05, 0) is 26.2 Å². The van der Waals surface area contributed by atoms with E-state index in [4.69, 9.17) is 4.74 Å². The van der Waals surface area contributed by atoms with E-state index in [1.165, 1.54) is 12.8 Å². The largest absolute Gasteiger partial charge is 0.378 e. The van der Waals surface area contributed by atoms with Crippen LogP contribution in [0, 0.1) is 6.42 Å².